The highest BCUT2D eigenvalue weighted by Gasteiger charge is 2.58. The quantitative estimate of drug-likeness (QED) is 0.387. The third-order valence-corrected chi connectivity index (χ3v) is 7.63. The molecule has 2 aliphatic rings. The van der Waals surface area contributed by atoms with E-state index in [4.69, 9.17) is 4.74 Å². The topological polar surface area (TPSA) is 74.2 Å². The fraction of sp³-hybridized carbons (Fsp3) is 0.323. The Kier molecular flexibility index (Phi) is 7.84. The average molecular weight is 511 g/mol. The van der Waals surface area contributed by atoms with E-state index in [2.05, 4.69) is 10.5 Å². The summed E-state index contributed by atoms with van der Waals surface area (Å²) in [7, 11) is 3.98. The second-order valence-electron chi connectivity index (χ2n) is 10.1. The maximum absolute atomic E-state index is 13.9. The van der Waals surface area contributed by atoms with Gasteiger partial charge in [-0.1, -0.05) is 72.8 Å². The van der Waals surface area contributed by atoms with Crippen molar-refractivity contribution < 1.29 is 14.3 Å². The highest BCUT2D eigenvalue weighted by molar-refractivity contribution is 5.91. The van der Waals surface area contributed by atoms with Gasteiger partial charge in [-0.3, -0.25) is 9.59 Å². The van der Waals surface area contributed by atoms with Gasteiger partial charge in [-0.25, -0.2) is 5.43 Å². The molecule has 2 atom stereocenters. The van der Waals surface area contributed by atoms with E-state index in [-0.39, 0.29) is 29.6 Å². The fourth-order valence-electron chi connectivity index (χ4n) is 5.66. The molecule has 0 radical (unpaired) electrons. The van der Waals surface area contributed by atoms with Gasteiger partial charge in [0.1, 0.15) is 0 Å². The first-order valence-electron chi connectivity index (χ1n) is 13.1. The van der Waals surface area contributed by atoms with Crippen LogP contribution in [-0.2, 0) is 14.3 Å². The van der Waals surface area contributed by atoms with Crippen LogP contribution in [0.2, 0.25) is 0 Å². The summed E-state index contributed by atoms with van der Waals surface area (Å²) in [6.07, 6.45) is 1.65. The predicted molar refractivity (Wildman–Crippen MR) is 149 cm³/mol. The molecule has 1 aliphatic heterocycles. The minimum absolute atomic E-state index is 0.0875. The Bertz CT molecular complexity index is 1210. The Balaban J connectivity index is 1.43. The second-order valence-corrected chi connectivity index (χ2v) is 10.1. The summed E-state index contributed by atoms with van der Waals surface area (Å²) in [5.74, 6) is -1.35. The minimum Gasteiger partial charge on any atom is -0.378 e. The second kappa shape index (κ2) is 11.6. The van der Waals surface area contributed by atoms with Gasteiger partial charge in [0, 0.05) is 44.7 Å². The minimum atomic E-state index is -0.428. The Hall–Kier alpha value is -3.97. The van der Waals surface area contributed by atoms with E-state index in [1.807, 2.05) is 109 Å². The molecule has 3 aromatic rings. The van der Waals surface area contributed by atoms with Gasteiger partial charge < -0.3 is 14.5 Å². The molecule has 7 heteroatoms. The lowest BCUT2D eigenvalue weighted by molar-refractivity contribution is -0.151. The molecule has 1 saturated heterocycles. The molecule has 196 valence electrons. The van der Waals surface area contributed by atoms with Crippen LogP contribution in [-0.4, -0.2) is 63.3 Å². The van der Waals surface area contributed by atoms with Crippen molar-refractivity contribution >= 4 is 23.7 Å². The van der Waals surface area contributed by atoms with Crippen LogP contribution >= 0.6 is 0 Å². The number of nitrogens with one attached hydrogen (secondary N) is 1. The molecule has 3 aromatic carbocycles. The number of amides is 2. The number of morpholine rings is 1. The number of nitrogens with zero attached hydrogens (tertiary/aromatic N) is 3. The number of rotatable bonds is 7. The van der Waals surface area contributed by atoms with Crippen LogP contribution in [0.1, 0.15) is 28.5 Å². The van der Waals surface area contributed by atoms with E-state index in [1.165, 1.54) is 0 Å². The smallest absolute Gasteiger partial charge is 0.244 e. The Morgan fingerprint density at radius 2 is 1.39 bits per heavy atom. The van der Waals surface area contributed by atoms with Gasteiger partial charge in [0.15, 0.2) is 0 Å². The maximum atomic E-state index is 13.9. The summed E-state index contributed by atoms with van der Waals surface area (Å²) in [6.45, 7) is 2.23. The van der Waals surface area contributed by atoms with Crippen LogP contribution in [0.15, 0.2) is 90.0 Å². The van der Waals surface area contributed by atoms with E-state index in [0.717, 1.165) is 22.4 Å². The third-order valence-electron chi connectivity index (χ3n) is 7.63. The first-order valence-corrected chi connectivity index (χ1v) is 13.1. The van der Waals surface area contributed by atoms with Gasteiger partial charge >= 0.3 is 0 Å². The van der Waals surface area contributed by atoms with Crippen molar-refractivity contribution in [2.75, 3.05) is 45.3 Å². The number of ether oxygens (including phenoxy) is 1. The summed E-state index contributed by atoms with van der Waals surface area (Å²) in [4.78, 5) is 31.5. The van der Waals surface area contributed by atoms with Crippen LogP contribution < -0.4 is 10.3 Å². The molecular formula is C31H34N4O3. The largest absolute Gasteiger partial charge is 0.378 e. The molecule has 1 saturated carbocycles. The lowest BCUT2D eigenvalue weighted by atomic mass is 9.51. The molecule has 38 heavy (non-hydrogen) atoms. The van der Waals surface area contributed by atoms with Crippen LogP contribution in [0.4, 0.5) is 5.69 Å². The summed E-state index contributed by atoms with van der Waals surface area (Å²) in [5, 5.41) is 4.28. The Labute approximate surface area is 224 Å². The van der Waals surface area contributed by atoms with Gasteiger partial charge in [0.2, 0.25) is 11.8 Å². The maximum Gasteiger partial charge on any atom is 0.244 e. The molecule has 5 rings (SSSR count). The Morgan fingerprint density at radius 1 is 0.842 bits per heavy atom. The van der Waals surface area contributed by atoms with Crippen LogP contribution in [0.5, 0.6) is 0 Å². The number of carbonyl (C=O) groups excluding carboxylic acids is 2. The van der Waals surface area contributed by atoms with E-state index >= 15 is 0 Å². The van der Waals surface area contributed by atoms with Gasteiger partial charge in [-0.2, -0.15) is 5.10 Å². The van der Waals surface area contributed by atoms with Crippen molar-refractivity contribution in [1.29, 1.82) is 0 Å². The van der Waals surface area contributed by atoms with Crippen LogP contribution in [0.3, 0.4) is 0 Å². The normalized spacial score (nSPS) is 23.1. The van der Waals surface area contributed by atoms with Gasteiger partial charge in [-0.15, -0.1) is 0 Å². The Morgan fingerprint density at radius 3 is 1.92 bits per heavy atom. The molecule has 0 unspecified atom stereocenters. The van der Waals surface area contributed by atoms with Gasteiger partial charge in [-0.05, 0) is 28.8 Å². The molecule has 1 heterocycles. The zero-order valence-electron chi connectivity index (χ0n) is 21.9. The summed E-state index contributed by atoms with van der Waals surface area (Å²) in [6, 6.07) is 27.8. The van der Waals surface area contributed by atoms with E-state index in [1.54, 1.807) is 6.21 Å². The summed E-state index contributed by atoms with van der Waals surface area (Å²) < 4.78 is 5.49. The molecule has 0 aromatic heterocycles. The molecule has 2 amide bonds. The van der Waals surface area contributed by atoms with Crippen molar-refractivity contribution in [3.8, 4) is 0 Å². The van der Waals surface area contributed by atoms with E-state index in [9.17, 15) is 9.59 Å². The SMILES string of the molecule is CN(C)c1ccc(/C=N\NC(=O)C2[C@H](c3ccccc3)C(C(=O)N3CCOCC3)[C@H]2c2ccccc2)cc1. The average Bonchev–Trinajstić information content (AvgIpc) is 2.94. The zero-order valence-corrected chi connectivity index (χ0v) is 21.9. The van der Waals surface area contributed by atoms with Crippen LogP contribution in [0, 0.1) is 11.8 Å². The zero-order chi connectivity index (χ0) is 26.5. The van der Waals surface area contributed by atoms with Crippen molar-refractivity contribution in [1.82, 2.24) is 10.3 Å². The number of anilines is 1. The van der Waals surface area contributed by atoms with Crippen LogP contribution in [0.25, 0.3) is 0 Å². The highest BCUT2D eigenvalue weighted by atomic mass is 16.5. The summed E-state index contributed by atoms with van der Waals surface area (Å²) >= 11 is 0. The number of hydrogen-bond donors (Lipinski definition) is 1. The number of carbonyl (C=O) groups is 2. The first-order chi connectivity index (χ1) is 18.5. The standard InChI is InChI=1S/C31H34N4O3/c1-34(2)25-15-13-22(14-16-25)21-32-33-30(36)28-26(23-9-5-3-6-10-23)29(27(28)24-11-7-4-8-12-24)31(37)35-17-19-38-20-18-35/h3-16,21,26-29H,17-20H2,1-2H3,(H,33,36)/b32-21-/t26-,27-,28?,29?/m0/s1. The van der Waals surface area contributed by atoms with E-state index < -0.39 is 5.92 Å². The van der Waals surface area contributed by atoms with Crippen molar-refractivity contribution in [2.24, 2.45) is 16.9 Å². The highest BCUT2D eigenvalue weighted by Crippen LogP contribution is 2.58. The number of benzene rings is 3. The molecule has 2 fully saturated rings. The predicted octanol–water partition coefficient (Wildman–Crippen LogP) is 3.88. The molecule has 1 N–H and O–H groups in total. The molecular weight excluding hydrogens is 476 g/mol. The molecule has 7 nitrogen and oxygen atoms in total. The molecule has 0 bridgehead atoms. The van der Waals surface area contributed by atoms with Crippen molar-refractivity contribution in [2.45, 2.75) is 11.8 Å². The van der Waals surface area contributed by atoms with Crippen molar-refractivity contribution in [3.05, 3.63) is 102 Å². The first kappa shape index (κ1) is 25.7. The lowest BCUT2D eigenvalue weighted by Gasteiger charge is -2.52. The molecule has 1 aliphatic carbocycles. The summed E-state index contributed by atoms with van der Waals surface area (Å²) in [5.41, 5.74) is 6.76. The van der Waals surface area contributed by atoms with Gasteiger partial charge in [0.05, 0.1) is 31.3 Å². The third kappa shape index (κ3) is 5.34. The lowest BCUT2D eigenvalue weighted by Crippen LogP contribution is -2.57. The number of hydrogen-bond acceptors (Lipinski definition) is 5. The van der Waals surface area contributed by atoms with Crippen molar-refractivity contribution in [3.63, 3.8) is 0 Å². The fourth-order valence-corrected chi connectivity index (χ4v) is 5.66. The molecule has 0 spiro atoms. The van der Waals surface area contributed by atoms with E-state index in [0.29, 0.717) is 26.3 Å². The monoisotopic (exact) mass is 510 g/mol. The van der Waals surface area contributed by atoms with Gasteiger partial charge in [0.25, 0.3) is 0 Å². The number of hydrazone groups is 1.